The molecule has 0 atom stereocenters. The normalized spacial score (nSPS) is 10.7. The summed E-state index contributed by atoms with van der Waals surface area (Å²) in [6.07, 6.45) is 0.731. The average Bonchev–Trinajstić information content (AvgIpc) is 3.08. The molecule has 0 saturated carbocycles. The van der Waals surface area contributed by atoms with E-state index < -0.39 is 0 Å². The molecule has 0 aliphatic heterocycles. The van der Waals surface area contributed by atoms with Crippen LogP contribution in [-0.2, 0) is 13.0 Å². The summed E-state index contributed by atoms with van der Waals surface area (Å²) in [4.78, 5) is 12.4. The monoisotopic (exact) mass is 367 g/mol. The van der Waals surface area contributed by atoms with Gasteiger partial charge in [-0.15, -0.1) is 10.2 Å². The molecule has 0 aliphatic rings. The second kappa shape index (κ2) is 8.67. The lowest BCUT2D eigenvalue weighted by molar-refractivity contribution is 0.102. The topological polar surface area (TPSA) is 57.0 Å². The maximum Gasteiger partial charge on any atom is 0.191 e. The van der Waals surface area contributed by atoms with Crippen LogP contribution in [0.5, 0.6) is 5.75 Å². The molecule has 1 aromatic heterocycles. The number of Topliss-reactive ketones (excluding diaryl/α,β-unsaturated/α-hetero) is 1. The van der Waals surface area contributed by atoms with Crippen molar-refractivity contribution in [3.63, 3.8) is 0 Å². The summed E-state index contributed by atoms with van der Waals surface area (Å²) >= 11 is 1.42. The number of nitrogens with zero attached hydrogens (tertiary/aromatic N) is 3. The largest absolute Gasteiger partial charge is 0.497 e. The molecule has 0 fully saturated rings. The number of rotatable bonds is 8. The highest BCUT2D eigenvalue weighted by Crippen LogP contribution is 2.21. The van der Waals surface area contributed by atoms with Crippen LogP contribution in [0.3, 0.4) is 0 Å². The Morgan fingerprint density at radius 2 is 1.81 bits per heavy atom. The van der Waals surface area contributed by atoms with Gasteiger partial charge in [0.25, 0.3) is 0 Å². The van der Waals surface area contributed by atoms with Gasteiger partial charge in [-0.05, 0) is 36.8 Å². The Kier molecular flexibility index (Phi) is 6.07. The van der Waals surface area contributed by atoms with E-state index in [1.54, 1.807) is 31.4 Å². The van der Waals surface area contributed by atoms with Crippen LogP contribution in [-0.4, -0.2) is 33.4 Å². The maximum absolute atomic E-state index is 12.4. The van der Waals surface area contributed by atoms with E-state index in [4.69, 9.17) is 4.74 Å². The number of carbonyl (C=O) groups excluding carboxylic acids is 1. The zero-order valence-electron chi connectivity index (χ0n) is 14.9. The van der Waals surface area contributed by atoms with E-state index in [9.17, 15) is 4.79 Å². The number of ketones is 1. The number of benzene rings is 2. The van der Waals surface area contributed by atoms with Gasteiger partial charge in [0.1, 0.15) is 11.6 Å². The minimum atomic E-state index is 0.0629. The predicted octanol–water partition coefficient (Wildman–Crippen LogP) is 3.87. The van der Waals surface area contributed by atoms with Crippen molar-refractivity contribution in [2.75, 3.05) is 12.9 Å². The van der Waals surface area contributed by atoms with Crippen LogP contribution in [0.25, 0.3) is 0 Å². The second-order valence-corrected chi connectivity index (χ2v) is 6.69. The molecule has 0 spiro atoms. The number of carbonyl (C=O) groups is 1. The molecule has 0 N–H and O–H groups in total. The fraction of sp³-hybridized carbons (Fsp3) is 0.250. The molecular weight excluding hydrogens is 346 g/mol. The van der Waals surface area contributed by atoms with Crippen LogP contribution in [0.4, 0.5) is 0 Å². The predicted molar refractivity (Wildman–Crippen MR) is 103 cm³/mol. The first kappa shape index (κ1) is 18.2. The molecule has 0 bridgehead atoms. The molecule has 0 radical (unpaired) electrons. The Morgan fingerprint density at radius 3 is 2.46 bits per heavy atom. The van der Waals surface area contributed by atoms with Crippen molar-refractivity contribution in [1.29, 1.82) is 0 Å². The minimum Gasteiger partial charge on any atom is -0.497 e. The summed E-state index contributed by atoms with van der Waals surface area (Å²) in [5.74, 6) is 2.05. The zero-order valence-corrected chi connectivity index (χ0v) is 15.7. The molecule has 5 nitrogen and oxygen atoms in total. The van der Waals surface area contributed by atoms with Crippen LogP contribution in [0.1, 0.15) is 28.7 Å². The minimum absolute atomic E-state index is 0.0629. The molecule has 0 saturated heterocycles. The molecule has 1 heterocycles. The molecule has 0 amide bonds. The van der Waals surface area contributed by atoms with E-state index in [0.717, 1.165) is 29.7 Å². The Labute approximate surface area is 157 Å². The van der Waals surface area contributed by atoms with Crippen LogP contribution < -0.4 is 4.74 Å². The SMILES string of the molecule is CCn1c(Cc2ccccc2)nnc1SCC(=O)c1ccc(OC)cc1. The number of thioether (sulfide) groups is 1. The van der Waals surface area contributed by atoms with Gasteiger partial charge in [-0.3, -0.25) is 4.79 Å². The summed E-state index contributed by atoms with van der Waals surface area (Å²) in [5, 5.41) is 9.38. The summed E-state index contributed by atoms with van der Waals surface area (Å²) in [7, 11) is 1.61. The smallest absolute Gasteiger partial charge is 0.191 e. The zero-order chi connectivity index (χ0) is 18.4. The summed E-state index contributed by atoms with van der Waals surface area (Å²) < 4.78 is 7.19. The van der Waals surface area contributed by atoms with Crippen molar-refractivity contribution in [1.82, 2.24) is 14.8 Å². The van der Waals surface area contributed by atoms with Crippen LogP contribution in [0.2, 0.25) is 0 Å². The average molecular weight is 367 g/mol. The van der Waals surface area contributed by atoms with E-state index in [0.29, 0.717) is 11.3 Å². The molecule has 2 aromatic carbocycles. The highest BCUT2D eigenvalue weighted by Gasteiger charge is 2.14. The van der Waals surface area contributed by atoms with E-state index in [2.05, 4.69) is 33.8 Å². The number of ether oxygens (including phenoxy) is 1. The van der Waals surface area contributed by atoms with Gasteiger partial charge in [-0.25, -0.2) is 0 Å². The Balaban J connectivity index is 1.66. The Morgan fingerprint density at radius 1 is 1.08 bits per heavy atom. The highest BCUT2D eigenvalue weighted by molar-refractivity contribution is 7.99. The van der Waals surface area contributed by atoms with Crippen molar-refractivity contribution < 1.29 is 9.53 Å². The summed E-state index contributed by atoms with van der Waals surface area (Å²) in [6, 6.07) is 17.4. The molecule has 6 heteroatoms. The maximum atomic E-state index is 12.4. The first-order valence-electron chi connectivity index (χ1n) is 8.47. The van der Waals surface area contributed by atoms with Crippen molar-refractivity contribution in [3.8, 4) is 5.75 Å². The van der Waals surface area contributed by atoms with Crippen molar-refractivity contribution in [2.24, 2.45) is 0 Å². The molecule has 0 unspecified atom stereocenters. The molecule has 0 aliphatic carbocycles. The molecule has 3 rings (SSSR count). The third kappa shape index (κ3) is 4.32. The third-order valence-electron chi connectivity index (χ3n) is 4.06. The highest BCUT2D eigenvalue weighted by atomic mass is 32.2. The van der Waals surface area contributed by atoms with Gasteiger partial charge < -0.3 is 9.30 Å². The third-order valence-corrected chi connectivity index (χ3v) is 5.03. The van der Waals surface area contributed by atoms with E-state index >= 15 is 0 Å². The van der Waals surface area contributed by atoms with Gasteiger partial charge >= 0.3 is 0 Å². The standard InChI is InChI=1S/C20H21N3O2S/c1-3-23-19(13-15-7-5-4-6-8-15)21-22-20(23)26-14-18(24)16-9-11-17(25-2)12-10-16/h4-12H,3,13-14H2,1-2H3. The first-order chi connectivity index (χ1) is 12.7. The number of aromatic nitrogens is 3. The number of hydrogen-bond acceptors (Lipinski definition) is 5. The van der Waals surface area contributed by atoms with Gasteiger partial charge in [-0.2, -0.15) is 0 Å². The first-order valence-corrected chi connectivity index (χ1v) is 9.46. The number of methoxy groups -OCH3 is 1. The van der Waals surface area contributed by atoms with E-state index in [-0.39, 0.29) is 5.78 Å². The Bertz CT molecular complexity index is 861. The molecule has 3 aromatic rings. The number of hydrogen-bond donors (Lipinski definition) is 0. The summed E-state index contributed by atoms with van der Waals surface area (Å²) in [5.41, 5.74) is 1.87. The fourth-order valence-corrected chi connectivity index (χ4v) is 3.56. The van der Waals surface area contributed by atoms with E-state index in [1.807, 2.05) is 18.2 Å². The lowest BCUT2D eigenvalue weighted by Crippen LogP contribution is -2.07. The summed E-state index contributed by atoms with van der Waals surface area (Å²) in [6.45, 7) is 2.83. The van der Waals surface area contributed by atoms with Gasteiger partial charge in [-0.1, -0.05) is 42.1 Å². The molecule has 26 heavy (non-hydrogen) atoms. The molecular formula is C20H21N3O2S. The molecule has 134 valence electrons. The lowest BCUT2D eigenvalue weighted by Gasteiger charge is -2.07. The quantitative estimate of drug-likeness (QED) is 0.447. The fourth-order valence-electron chi connectivity index (χ4n) is 2.64. The van der Waals surface area contributed by atoms with Gasteiger partial charge in [0.2, 0.25) is 0 Å². The van der Waals surface area contributed by atoms with E-state index in [1.165, 1.54) is 17.3 Å². The van der Waals surface area contributed by atoms with Crippen molar-refractivity contribution >= 4 is 17.5 Å². The lowest BCUT2D eigenvalue weighted by atomic mass is 10.1. The van der Waals surface area contributed by atoms with Gasteiger partial charge in [0.05, 0.1) is 12.9 Å². The van der Waals surface area contributed by atoms with Gasteiger partial charge in [0.15, 0.2) is 10.9 Å². The van der Waals surface area contributed by atoms with Crippen LogP contribution in [0, 0.1) is 0 Å². The second-order valence-electron chi connectivity index (χ2n) is 5.75. The van der Waals surface area contributed by atoms with Crippen LogP contribution >= 0.6 is 11.8 Å². The van der Waals surface area contributed by atoms with Crippen LogP contribution in [0.15, 0.2) is 59.8 Å². The van der Waals surface area contributed by atoms with Gasteiger partial charge in [0, 0.05) is 18.5 Å². The van der Waals surface area contributed by atoms with Crippen molar-refractivity contribution in [3.05, 3.63) is 71.5 Å². The van der Waals surface area contributed by atoms with Crippen molar-refractivity contribution in [2.45, 2.75) is 25.0 Å². The Hall–Kier alpha value is -2.60.